The van der Waals surface area contributed by atoms with Crippen LogP contribution in [0.15, 0.2) is 53.9 Å². The van der Waals surface area contributed by atoms with Crippen LogP contribution in [0.25, 0.3) is 28.1 Å². The van der Waals surface area contributed by atoms with E-state index in [4.69, 9.17) is 0 Å². The molecular weight excluding hydrogens is 500 g/mol. The Morgan fingerprint density at radius 1 is 1.19 bits per heavy atom. The van der Waals surface area contributed by atoms with Gasteiger partial charge in [-0.2, -0.15) is 23.2 Å². The Balaban J connectivity index is 1.91. The minimum absolute atomic E-state index is 0.0668. The van der Waals surface area contributed by atoms with Crippen molar-refractivity contribution in [3.8, 4) is 23.3 Å². The largest absolute Gasteiger partial charge is 0.404 e. The van der Waals surface area contributed by atoms with E-state index in [1.165, 1.54) is 24.7 Å². The van der Waals surface area contributed by atoms with Crippen LogP contribution in [0.4, 0.5) is 17.6 Å². The van der Waals surface area contributed by atoms with E-state index in [2.05, 4.69) is 21.0 Å². The van der Waals surface area contributed by atoms with Gasteiger partial charge in [0.1, 0.15) is 35.0 Å². The van der Waals surface area contributed by atoms with Gasteiger partial charge in [-0.05, 0) is 49.2 Å². The number of hydrogen-bond donors (Lipinski definition) is 1. The highest BCUT2D eigenvalue weighted by Crippen LogP contribution is 2.36. The third-order valence-corrected chi connectivity index (χ3v) is 7.06. The van der Waals surface area contributed by atoms with Crippen LogP contribution in [0.5, 0.6) is 0 Å². The Bertz CT molecular complexity index is 1580. The highest BCUT2D eigenvalue weighted by atomic mass is 32.2. The van der Waals surface area contributed by atoms with Crippen molar-refractivity contribution in [1.29, 1.82) is 5.26 Å². The van der Waals surface area contributed by atoms with Crippen LogP contribution < -0.4 is 4.72 Å². The van der Waals surface area contributed by atoms with Gasteiger partial charge >= 0.3 is 6.18 Å². The molecule has 0 amide bonds. The molecule has 1 aromatic carbocycles. The summed E-state index contributed by atoms with van der Waals surface area (Å²) >= 11 is 0. The molecule has 3 aromatic heterocycles. The number of aryl methyl sites for hydroxylation is 1. The number of fused-ring (bicyclic) bond motifs is 1. The predicted octanol–water partition coefficient (Wildman–Crippen LogP) is 4.28. The summed E-state index contributed by atoms with van der Waals surface area (Å²) in [5.41, 5.74) is 1.28. The van der Waals surface area contributed by atoms with E-state index in [0.29, 0.717) is 35.6 Å². The van der Waals surface area contributed by atoms with Crippen molar-refractivity contribution in [2.24, 2.45) is 0 Å². The van der Waals surface area contributed by atoms with Crippen LogP contribution in [-0.4, -0.2) is 40.2 Å². The molecule has 13 heteroatoms. The normalized spacial score (nSPS) is 13.0. The SMILES string of the molecule is CCc1cc2c(cc1F)c(C#N)c(-c1ccc(S(=O)(=O)NC(C)C(F)(F)F)cn1)n2-c1ccncn1. The molecule has 0 fully saturated rings. The zero-order chi connectivity index (χ0) is 26.3. The van der Waals surface area contributed by atoms with Gasteiger partial charge < -0.3 is 0 Å². The molecule has 0 aliphatic carbocycles. The van der Waals surface area contributed by atoms with Gasteiger partial charge in [-0.15, -0.1) is 0 Å². The van der Waals surface area contributed by atoms with Gasteiger partial charge in [-0.25, -0.2) is 22.8 Å². The van der Waals surface area contributed by atoms with Crippen LogP contribution in [0.1, 0.15) is 25.0 Å². The van der Waals surface area contributed by atoms with E-state index in [0.717, 1.165) is 12.3 Å². The molecule has 0 saturated heterocycles. The molecule has 3 heterocycles. The van der Waals surface area contributed by atoms with E-state index in [-0.39, 0.29) is 17.0 Å². The Morgan fingerprint density at radius 3 is 2.50 bits per heavy atom. The number of aromatic nitrogens is 4. The molecular formula is C23H18F4N6O2S. The number of pyridine rings is 1. The van der Waals surface area contributed by atoms with E-state index in [1.807, 2.05) is 0 Å². The van der Waals surface area contributed by atoms with Crippen molar-refractivity contribution in [1.82, 2.24) is 24.2 Å². The van der Waals surface area contributed by atoms with Crippen molar-refractivity contribution >= 4 is 20.9 Å². The van der Waals surface area contributed by atoms with Gasteiger partial charge in [-0.3, -0.25) is 9.55 Å². The average molecular weight is 518 g/mol. The van der Waals surface area contributed by atoms with Crippen molar-refractivity contribution in [2.45, 2.75) is 37.4 Å². The number of halogens is 4. The zero-order valence-electron chi connectivity index (χ0n) is 18.9. The number of rotatable bonds is 6. The Morgan fingerprint density at radius 2 is 1.94 bits per heavy atom. The lowest BCUT2D eigenvalue weighted by Gasteiger charge is -2.17. The first-order valence-electron chi connectivity index (χ1n) is 10.6. The fraction of sp³-hybridized carbons (Fsp3) is 0.217. The van der Waals surface area contributed by atoms with E-state index in [1.54, 1.807) is 28.3 Å². The van der Waals surface area contributed by atoms with Crippen molar-refractivity contribution in [3.63, 3.8) is 0 Å². The topological polar surface area (TPSA) is 114 Å². The summed E-state index contributed by atoms with van der Waals surface area (Å²) in [7, 11) is -4.53. The fourth-order valence-corrected chi connectivity index (χ4v) is 4.85. The lowest BCUT2D eigenvalue weighted by Crippen LogP contribution is -2.42. The summed E-state index contributed by atoms with van der Waals surface area (Å²) in [6.45, 7) is 2.46. The van der Waals surface area contributed by atoms with Gasteiger partial charge in [0.25, 0.3) is 0 Å². The fourth-order valence-electron chi connectivity index (χ4n) is 3.68. The summed E-state index contributed by atoms with van der Waals surface area (Å²) in [4.78, 5) is 11.8. The lowest BCUT2D eigenvalue weighted by atomic mass is 10.1. The van der Waals surface area contributed by atoms with Gasteiger partial charge in [0.2, 0.25) is 10.0 Å². The quantitative estimate of drug-likeness (QED) is 0.381. The number of alkyl halides is 3. The molecule has 4 rings (SSSR count). The van der Waals surface area contributed by atoms with Crippen molar-refractivity contribution in [2.75, 3.05) is 0 Å². The average Bonchev–Trinajstić information content (AvgIpc) is 3.16. The molecule has 36 heavy (non-hydrogen) atoms. The van der Waals surface area contributed by atoms with Crippen LogP contribution >= 0.6 is 0 Å². The Labute approximate surface area is 203 Å². The van der Waals surface area contributed by atoms with Crippen LogP contribution in [-0.2, 0) is 16.4 Å². The zero-order valence-corrected chi connectivity index (χ0v) is 19.7. The molecule has 0 bridgehead atoms. The second-order valence-electron chi connectivity index (χ2n) is 7.82. The van der Waals surface area contributed by atoms with Gasteiger partial charge in [0.05, 0.1) is 22.5 Å². The van der Waals surface area contributed by atoms with E-state index in [9.17, 15) is 31.2 Å². The van der Waals surface area contributed by atoms with Crippen molar-refractivity contribution < 1.29 is 26.0 Å². The molecule has 0 aliphatic rings. The lowest BCUT2D eigenvalue weighted by molar-refractivity contribution is -0.147. The predicted molar refractivity (Wildman–Crippen MR) is 122 cm³/mol. The van der Waals surface area contributed by atoms with E-state index >= 15 is 0 Å². The second-order valence-corrected chi connectivity index (χ2v) is 9.53. The number of benzene rings is 1. The minimum Gasteiger partial charge on any atom is -0.291 e. The first-order valence-corrected chi connectivity index (χ1v) is 12.0. The third kappa shape index (κ3) is 4.52. The van der Waals surface area contributed by atoms with Crippen LogP contribution in [0.3, 0.4) is 0 Å². The number of nitrogens with one attached hydrogen (secondary N) is 1. The molecule has 8 nitrogen and oxygen atoms in total. The maximum atomic E-state index is 14.6. The minimum atomic E-state index is -4.77. The van der Waals surface area contributed by atoms with Crippen LogP contribution in [0, 0.1) is 17.1 Å². The van der Waals surface area contributed by atoms with Crippen molar-refractivity contribution in [3.05, 3.63) is 66.0 Å². The smallest absolute Gasteiger partial charge is 0.291 e. The Kier molecular flexibility index (Phi) is 6.50. The first-order chi connectivity index (χ1) is 17.0. The van der Waals surface area contributed by atoms with Gasteiger partial charge in [-0.1, -0.05) is 6.92 Å². The molecule has 1 unspecified atom stereocenters. The van der Waals surface area contributed by atoms with Gasteiger partial charge in [0.15, 0.2) is 0 Å². The summed E-state index contributed by atoms with van der Waals surface area (Å²) < 4.78 is 81.2. The molecule has 1 N–H and O–H groups in total. The summed E-state index contributed by atoms with van der Waals surface area (Å²) in [5.74, 6) is -0.147. The summed E-state index contributed by atoms with van der Waals surface area (Å²) in [6.07, 6.45) is -0.722. The molecule has 0 radical (unpaired) electrons. The number of hydrogen-bond acceptors (Lipinski definition) is 6. The standard InChI is InChI=1S/C23H18F4N6O2S/c1-3-14-8-20-16(9-18(14)24)17(10-28)22(33(20)21-6-7-29-12-31-21)19-5-4-15(11-30-19)36(34,35)32-13(2)23(25,26)27/h4-9,11-13,32H,3H2,1-2H3. The number of sulfonamides is 1. The molecule has 0 spiro atoms. The maximum Gasteiger partial charge on any atom is 0.404 e. The monoisotopic (exact) mass is 518 g/mol. The molecule has 0 saturated carbocycles. The first kappa shape index (κ1) is 25.2. The highest BCUT2D eigenvalue weighted by Gasteiger charge is 2.39. The second kappa shape index (κ2) is 9.29. The maximum absolute atomic E-state index is 14.6. The molecule has 186 valence electrons. The number of nitriles is 1. The highest BCUT2D eigenvalue weighted by molar-refractivity contribution is 7.89. The molecule has 4 aromatic rings. The number of nitrogens with zero attached hydrogens (tertiary/aromatic N) is 5. The van der Waals surface area contributed by atoms with Crippen LogP contribution in [0.2, 0.25) is 0 Å². The molecule has 0 aliphatic heterocycles. The van der Waals surface area contributed by atoms with E-state index < -0.39 is 33.0 Å². The summed E-state index contributed by atoms with van der Waals surface area (Å²) in [5, 5.41) is 10.2. The summed E-state index contributed by atoms with van der Waals surface area (Å²) in [6, 6.07) is 6.49. The molecule has 1 atom stereocenters. The third-order valence-electron chi connectivity index (χ3n) is 5.54. The van der Waals surface area contributed by atoms with Gasteiger partial charge in [0, 0.05) is 17.8 Å². The Hall–Kier alpha value is -3.89.